The Kier molecular flexibility index (Phi) is 7.72. The van der Waals surface area contributed by atoms with Gasteiger partial charge >= 0.3 is 0 Å². The van der Waals surface area contributed by atoms with E-state index in [-0.39, 0.29) is 18.4 Å². The van der Waals surface area contributed by atoms with Crippen LogP contribution in [0.4, 0.5) is 11.4 Å². The summed E-state index contributed by atoms with van der Waals surface area (Å²) in [7, 11) is 1.57. The van der Waals surface area contributed by atoms with Gasteiger partial charge < -0.3 is 20.7 Å². The summed E-state index contributed by atoms with van der Waals surface area (Å²) in [6, 6.07) is 11.6. The number of benzene rings is 2. The average molecular weight is 396 g/mol. The van der Waals surface area contributed by atoms with Gasteiger partial charge in [0.1, 0.15) is 0 Å². The maximum atomic E-state index is 12.0. The molecule has 0 aliphatic heterocycles. The van der Waals surface area contributed by atoms with Crippen molar-refractivity contribution in [2.75, 3.05) is 37.4 Å². The molecule has 0 spiro atoms. The van der Waals surface area contributed by atoms with Crippen LogP contribution < -0.4 is 16.0 Å². The molecule has 6 nitrogen and oxygen atoms in total. The minimum absolute atomic E-state index is 0.0515. The lowest BCUT2D eigenvalue weighted by Gasteiger charge is -2.09. The van der Waals surface area contributed by atoms with Gasteiger partial charge in [0, 0.05) is 40.6 Å². The third kappa shape index (κ3) is 6.55. The molecule has 0 bridgehead atoms. The first-order chi connectivity index (χ1) is 12.5. The number of halogens is 2. The number of nitrogens with one attached hydrogen (secondary N) is 3. The zero-order chi connectivity index (χ0) is 18.9. The monoisotopic (exact) mass is 395 g/mol. The molecule has 0 saturated heterocycles. The minimum Gasteiger partial charge on any atom is -0.383 e. The Morgan fingerprint density at radius 2 is 1.65 bits per heavy atom. The van der Waals surface area contributed by atoms with Crippen molar-refractivity contribution in [1.82, 2.24) is 5.32 Å². The maximum Gasteiger partial charge on any atom is 0.251 e. The standard InChI is InChI=1S/C18H19Cl2N3O3/c1-26-7-6-21-18(25)12-2-4-15(5-3-12)23-17(24)11-22-16-9-13(19)8-14(20)10-16/h2-5,8-10,22H,6-7,11H2,1H3,(H,21,25)(H,23,24). The van der Waals surface area contributed by atoms with Crippen LogP contribution in [0.3, 0.4) is 0 Å². The Hall–Kier alpha value is -2.28. The summed E-state index contributed by atoms with van der Waals surface area (Å²) in [6.45, 7) is 0.938. The van der Waals surface area contributed by atoms with E-state index in [2.05, 4.69) is 16.0 Å². The number of rotatable bonds is 8. The molecule has 0 aromatic heterocycles. The fourth-order valence-corrected chi connectivity index (χ4v) is 2.64. The Morgan fingerprint density at radius 1 is 1.00 bits per heavy atom. The van der Waals surface area contributed by atoms with E-state index in [0.717, 1.165) is 0 Å². The van der Waals surface area contributed by atoms with E-state index in [1.165, 1.54) is 0 Å². The molecule has 8 heteroatoms. The van der Waals surface area contributed by atoms with Crippen LogP contribution >= 0.6 is 23.2 Å². The van der Waals surface area contributed by atoms with Crippen LogP contribution in [0.1, 0.15) is 10.4 Å². The van der Waals surface area contributed by atoms with Gasteiger partial charge in [-0.2, -0.15) is 0 Å². The minimum atomic E-state index is -0.238. The number of hydrogen-bond donors (Lipinski definition) is 3. The van der Waals surface area contributed by atoms with Gasteiger partial charge in [0.05, 0.1) is 13.2 Å². The largest absolute Gasteiger partial charge is 0.383 e. The van der Waals surface area contributed by atoms with Crippen LogP contribution in [0.2, 0.25) is 10.0 Å². The SMILES string of the molecule is COCCNC(=O)c1ccc(NC(=O)CNc2cc(Cl)cc(Cl)c2)cc1. The fourth-order valence-electron chi connectivity index (χ4n) is 2.12. The van der Waals surface area contributed by atoms with Crippen molar-refractivity contribution in [3.8, 4) is 0 Å². The molecule has 0 heterocycles. The molecular formula is C18H19Cl2N3O3. The van der Waals surface area contributed by atoms with Crippen LogP contribution in [0.15, 0.2) is 42.5 Å². The summed E-state index contributed by atoms with van der Waals surface area (Å²) in [6.07, 6.45) is 0. The van der Waals surface area contributed by atoms with Crippen LogP contribution in [-0.2, 0) is 9.53 Å². The predicted molar refractivity (Wildman–Crippen MR) is 104 cm³/mol. The third-order valence-electron chi connectivity index (χ3n) is 3.34. The van der Waals surface area contributed by atoms with Crippen molar-refractivity contribution in [3.05, 3.63) is 58.1 Å². The van der Waals surface area contributed by atoms with Gasteiger partial charge in [0.2, 0.25) is 5.91 Å². The van der Waals surface area contributed by atoms with E-state index in [1.807, 2.05) is 0 Å². The highest BCUT2D eigenvalue weighted by molar-refractivity contribution is 6.35. The molecule has 138 valence electrons. The molecule has 0 atom stereocenters. The van der Waals surface area contributed by atoms with Gasteiger partial charge in [-0.3, -0.25) is 9.59 Å². The molecule has 0 fully saturated rings. The first kappa shape index (κ1) is 20.0. The normalized spacial score (nSPS) is 10.3. The molecule has 2 aromatic carbocycles. The topological polar surface area (TPSA) is 79.5 Å². The van der Waals surface area contributed by atoms with E-state index in [4.69, 9.17) is 27.9 Å². The lowest BCUT2D eigenvalue weighted by atomic mass is 10.2. The van der Waals surface area contributed by atoms with Crippen molar-refractivity contribution in [3.63, 3.8) is 0 Å². The van der Waals surface area contributed by atoms with Crippen molar-refractivity contribution >= 4 is 46.4 Å². The van der Waals surface area contributed by atoms with E-state index in [9.17, 15) is 9.59 Å². The first-order valence-corrected chi connectivity index (χ1v) is 8.60. The highest BCUT2D eigenvalue weighted by Crippen LogP contribution is 2.22. The second-order valence-electron chi connectivity index (χ2n) is 5.39. The average Bonchev–Trinajstić information content (AvgIpc) is 2.60. The lowest BCUT2D eigenvalue weighted by Crippen LogP contribution is -2.27. The van der Waals surface area contributed by atoms with Gasteiger partial charge in [-0.05, 0) is 42.5 Å². The molecule has 0 unspecified atom stereocenters. The summed E-state index contributed by atoms with van der Waals surface area (Å²) in [5.74, 6) is -0.433. The number of ether oxygens (including phenoxy) is 1. The zero-order valence-corrected chi connectivity index (χ0v) is 15.7. The van der Waals surface area contributed by atoms with Crippen molar-refractivity contribution < 1.29 is 14.3 Å². The van der Waals surface area contributed by atoms with Gasteiger partial charge in [0.25, 0.3) is 5.91 Å². The summed E-state index contributed by atoms with van der Waals surface area (Å²) < 4.78 is 4.88. The number of amides is 2. The number of methoxy groups -OCH3 is 1. The second-order valence-corrected chi connectivity index (χ2v) is 6.26. The molecule has 0 aliphatic carbocycles. The van der Waals surface area contributed by atoms with E-state index in [1.54, 1.807) is 49.6 Å². The van der Waals surface area contributed by atoms with E-state index >= 15 is 0 Å². The number of carbonyl (C=O) groups excluding carboxylic acids is 2. The van der Waals surface area contributed by atoms with Crippen molar-refractivity contribution in [1.29, 1.82) is 0 Å². The van der Waals surface area contributed by atoms with E-state index < -0.39 is 0 Å². The van der Waals surface area contributed by atoms with Crippen molar-refractivity contribution in [2.45, 2.75) is 0 Å². The van der Waals surface area contributed by atoms with Crippen LogP contribution in [0.25, 0.3) is 0 Å². The van der Waals surface area contributed by atoms with Gasteiger partial charge in [-0.15, -0.1) is 0 Å². The quantitative estimate of drug-likeness (QED) is 0.598. The smallest absolute Gasteiger partial charge is 0.251 e. The molecule has 0 aliphatic rings. The Labute approximate surface area is 161 Å². The predicted octanol–water partition coefficient (Wildman–Crippen LogP) is 3.42. The summed E-state index contributed by atoms with van der Waals surface area (Å²) in [5, 5.41) is 9.39. The lowest BCUT2D eigenvalue weighted by molar-refractivity contribution is -0.114. The maximum absolute atomic E-state index is 12.0. The summed E-state index contributed by atoms with van der Waals surface area (Å²) >= 11 is 11.8. The Bertz CT molecular complexity index is 747. The second kappa shape index (κ2) is 10.0. The van der Waals surface area contributed by atoms with Gasteiger partial charge in [-0.25, -0.2) is 0 Å². The number of hydrogen-bond acceptors (Lipinski definition) is 4. The Balaban J connectivity index is 1.84. The zero-order valence-electron chi connectivity index (χ0n) is 14.1. The van der Waals surface area contributed by atoms with E-state index in [0.29, 0.717) is 40.1 Å². The molecule has 2 rings (SSSR count). The van der Waals surface area contributed by atoms with Crippen LogP contribution in [0.5, 0.6) is 0 Å². The summed E-state index contributed by atoms with van der Waals surface area (Å²) in [5.41, 5.74) is 1.75. The molecule has 2 amide bonds. The van der Waals surface area contributed by atoms with Crippen LogP contribution in [0, 0.1) is 0 Å². The highest BCUT2D eigenvalue weighted by atomic mass is 35.5. The molecule has 0 saturated carbocycles. The molecule has 0 radical (unpaired) electrons. The molecule has 2 aromatic rings. The third-order valence-corrected chi connectivity index (χ3v) is 3.77. The Morgan fingerprint density at radius 3 is 2.27 bits per heavy atom. The van der Waals surface area contributed by atoms with Crippen LogP contribution in [-0.4, -0.2) is 38.6 Å². The number of anilines is 2. The molecule has 3 N–H and O–H groups in total. The molecule has 26 heavy (non-hydrogen) atoms. The number of carbonyl (C=O) groups is 2. The summed E-state index contributed by atoms with van der Waals surface area (Å²) in [4.78, 5) is 23.9. The highest BCUT2D eigenvalue weighted by Gasteiger charge is 2.07. The van der Waals surface area contributed by atoms with Gasteiger partial charge in [0.15, 0.2) is 0 Å². The van der Waals surface area contributed by atoms with Gasteiger partial charge in [-0.1, -0.05) is 23.2 Å². The van der Waals surface area contributed by atoms with Crippen molar-refractivity contribution in [2.24, 2.45) is 0 Å². The molecular weight excluding hydrogens is 377 g/mol. The first-order valence-electron chi connectivity index (χ1n) is 7.85. The fraction of sp³-hybridized carbons (Fsp3) is 0.222.